The molecule has 0 heterocycles. The lowest BCUT2D eigenvalue weighted by Crippen LogP contribution is -2.43. The molecule has 1 aromatic carbocycles. The van der Waals surface area contributed by atoms with Crippen molar-refractivity contribution in [2.75, 3.05) is 14.2 Å². The Morgan fingerprint density at radius 2 is 2.00 bits per heavy atom. The molecule has 1 atom stereocenters. The van der Waals surface area contributed by atoms with E-state index in [0.717, 1.165) is 0 Å². The van der Waals surface area contributed by atoms with Gasteiger partial charge in [-0.15, -0.1) is 0 Å². The average Bonchev–Trinajstić information content (AvgIpc) is 2.47. The zero-order valence-corrected chi connectivity index (χ0v) is 13.2. The SMILES string of the molecule is CNC(=O)NC(=O)[C@H](C)OC(=O)Cc1cc(Cl)ccc1OC. The highest BCUT2D eigenvalue weighted by Gasteiger charge is 2.20. The van der Waals surface area contributed by atoms with Gasteiger partial charge in [0.1, 0.15) is 5.75 Å². The third-order valence-corrected chi connectivity index (χ3v) is 2.95. The number of imide groups is 1. The Morgan fingerprint density at radius 3 is 2.59 bits per heavy atom. The van der Waals surface area contributed by atoms with E-state index < -0.39 is 24.0 Å². The number of methoxy groups -OCH3 is 1. The van der Waals surface area contributed by atoms with Crippen LogP contribution in [-0.4, -0.2) is 38.2 Å². The van der Waals surface area contributed by atoms with Crippen molar-refractivity contribution < 1.29 is 23.9 Å². The number of rotatable bonds is 5. The molecule has 120 valence electrons. The maximum atomic E-state index is 11.9. The third kappa shape index (κ3) is 5.25. The smallest absolute Gasteiger partial charge is 0.321 e. The van der Waals surface area contributed by atoms with Crippen molar-refractivity contribution in [1.29, 1.82) is 0 Å². The number of benzene rings is 1. The van der Waals surface area contributed by atoms with Gasteiger partial charge in [-0.2, -0.15) is 0 Å². The van der Waals surface area contributed by atoms with Crippen molar-refractivity contribution in [2.24, 2.45) is 0 Å². The highest BCUT2D eigenvalue weighted by molar-refractivity contribution is 6.30. The number of ether oxygens (including phenoxy) is 2. The molecule has 0 radical (unpaired) electrons. The van der Waals surface area contributed by atoms with E-state index in [-0.39, 0.29) is 6.42 Å². The van der Waals surface area contributed by atoms with Crippen LogP contribution in [0, 0.1) is 0 Å². The van der Waals surface area contributed by atoms with Gasteiger partial charge in [-0.3, -0.25) is 14.9 Å². The minimum atomic E-state index is -1.10. The summed E-state index contributed by atoms with van der Waals surface area (Å²) in [6, 6.07) is 4.17. The first-order valence-electron chi connectivity index (χ1n) is 6.41. The predicted molar refractivity (Wildman–Crippen MR) is 79.9 cm³/mol. The van der Waals surface area contributed by atoms with Gasteiger partial charge in [-0.1, -0.05) is 11.6 Å². The fourth-order valence-corrected chi connectivity index (χ4v) is 1.80. The Bertz CT molecular complexity index is 576. The summed E-state index contributed by atoms with van der Waals surface area (Å²) in [5.41, 5.74) is 0.541. The van der Waals surface area contributed by atoms with Crippen molar-refractivity contribution in [3.8, 4) is 5.75 Å². The molecular formula is C14H17ClN2O5. The van der Waals surface area contributed by atoms with Gasteiger partial charge in [-0.25, -0.2) is 4.79 Å². The van der Waals surface area contributed by atoms with Gasteiger partial charge >= 0.3 is 12.0 Å². The molecule has 3 amide bonds. The summed E-state index contributed by atoms with van der Waals surface area (Å²) >= 11 is 5.87. The normalized spacial score (nSPS) is 11.3. The third-order valence-electron chi connectivity index (χ3n) is 2.72. The number of nitrogens with one attached hydrogen (secondary N) is 2. The average molecular weight is 329 g/mol. The number of hydrogen-bond donors (Lipinski definition) is 2. The summed E-state index contributed by atoms with van der Waals surface area (Å²) in [6.45, 7) is 1.37. The molecule has 0 spiro atoms. The summed E-state index contributed by atoms with van der Waals surface area (Å²) in [4.78, 5) is 34.5. The van der Waals surface area contributed by atoms with Crippen LogP contribution < -0.4 is 15.4 Å². The minimum Gasteiger partial charge on any atom is -0.496 e. The number of amides is 3. The fraction of sp³-hybridized carbons (Fsp3) is 0.357. The molecule has 7 nitrogen and oxygen atoms in total. The van der Waals surface area contributed by atoms with E-state index in [2.05, 4.69) is 5.32 Å². The second-order valence-electron chi connectivity index (χ2n) is 4.33. The van der Waals surface area contributed by atoms with Crippen LogP contribution in [0.5, 0.6) is 5.75 Å². The van der Waals surface area contributed by atoms with Crippen LogP contribution in [-0.2, 0) is 20.7 Å². The molecule has 2 N–H and O–H groups in total. The fourth-order valence-electron chi connectivity index (χ4n) is 1.61. The highest BCUT2D eigenvalue weighted by atomic mass is 35.5. The van der Waals surface area contributed by atoms with E-state index in [4.69, 9.17) is 21.1 Å². The summed E-state index contributed by atoms with van der Waals surface area (Å²) in [7, 11) is 2.84. The van der Waals surface area contributed by atoms with Crippen LogP contribution in [0.25, 0.3) is 0 Å². The van der Waals surface area contributed by atoms with Gasteiger partial charge < -0.3 is 14.8 Å². The molecule has 0 aliphatic rings. The van der Waals surface area contributed by atoms with Gasteiger partial charge in [0, 0.05) is 17.6 Å². The van der Waals surface area contributed by atoms with Crippen molar-refractivity contribution in [3.63, 3.8) is 0 Å². The van der Waals surface area contributed by atoms with Gasteiger partial charge in [-0.05, 0) is 25.1 Å². The summed E-state index contributed by atoms with van der Waals surface area (Å²) in [5.74, 6) is -0.866. The Hall–Kier alpha value is -2.28. The van der Waals surface area contributed by atoms with Crippen LogP contribution in [0.2, 0.25) is 5.02 Å². The number of urea groups is 1. The molecule has 0 unspecified atom stereocenters. The van der Waals surface area contributed by atoms with E-state index in [1.54, 1.807) is 18.2 Å². The molecule has 0 aromatic heterocycles. The Morgan fingerprint density at radius 1 is 1.32 bits per heavy atom. The molecule has 0 saturated heterocycles. The number of carbonyl (C=O) groups is 3. The van der Waals surface area contributed by atoms with E-state index >= 15 is 0 Å². The van der Waals surface area contributed by atoms with Gasteiger partial charge in [0.05, 0.1) is 13.5 Å². The summed E-state index contributed by atoms with van der Waals surface area (Å²) in [6.07, 6.45) is -1.21. The zero-order valence-electron chi connectivity index (χ0n) is 12.4. The largest absolute Gasteiger partial charge is 0.496 e. The van der Waals surface area contributed by atoms with Crippen LogP contribution in [0.1, 0.15) is 12.5 Å². The van der Waals surface area contributed by atoms with E-state index in [9.17, 15) is 14.4 Å². The monoisotopic (exact) mass is 328 g/mol. The van der Waals surface area contributed by atoms with Gasteiger partial charge in [0.25, 0.3) is 5.91 Å². The van der Waals surface area contributed by atoms with Crippen molar-refractivity contribution in [2.45, 2.75) is 19.4 Å². The lowest BCUT2D eigenvalue weighted by molar-refractivity contribution is -0.153. The molecule has 0 bridgehead atoms. The standard InChI is InChI=1S/C14H17ClN2O5/c1-8(13(19)17-14(20)16-2)22-12(18)7-9-6-10(15)4-5-11(9)21-3/h4-6,8H,7H2,1-3H3,(H2,16,17,19,20)/t8-/m0/s1. The topological polar surface area (TPSA) is 93.7 Å². The first-order chi connectivity index (χ1) is 10.4. The first-order valence-corrected chi connectivity index (χ1v) is 6.79. The maximum absolute atomic E-state index is 11.9. The predicted octanol–water partition coefficient (Wildman–Crippen LogP) is 1.28. The molecule has 0 fully saturated rings. The second kappa shape index (κ2) is 8.23. The highest BCUT2D eigenvalue weighted by Crippen LogP contribution is 2.23. The molecule has 0 saturated carbocycles. The Labute approximate surface area is 132 Å². The van der Waals surface area contributed by atoms with Gasteiger partial charge in [0.15, 0.2) is 6.10 Å². The van der Waals surface area contributed by atoms with Crippen LogP contribution >= 0.6 is 11.6 Å². The maximum Gasteiger partial charge on any atom is 0.321 e. The quantitative estimate of drug-likeness (QED) is 0.794. The summed E-state index contributed by atoms with van der Waals surface area (Å²) < 4.78 is 10.1. The van der Waals surface area contributed by atoms with E-state index in [0.29, 0.717) is 16.3 Å². The lowest BCUT2D eigenvalue weighted by Gasteiger charge is -2.13. The van der Waals surface area contributed by atoms with Crippen LogP contribution in [0.3, 0.4) is 0 Å². The molecule has 1 aromatic rings. The van der Waals surface area contributed by atoms with E-state index in [1.807, 2.05) is 5.32 Å². The minimum absolute atomic E-state index is 0.110. The molecule has 0 aliphatic carbocycles. The Kier molecular flexibility index (Phi) is 6.65. The zero-order chi connectivity index (χ0) is 16.7. The number of halogens is 1. The summed E-state index contributed by atoms with van der Waals surface area (Å²) in [5, 5.41) is 4.69. The van der Waals surface area contributed by atoms with Crippen LogP contribution in [0.15, 0.2) is 18.2 Å². The second-order valence-corrected chi connectivity index (χ2v) is 4.77. The molecular weight excluding hydrogens is 312 g/mol. The molecule has 1 rings (SSSR count). The first kappa shape index (κ1) is 17.8. The number of esters is 1. The number of hydrogen-bond acceptors (Lipinski definition) is 5. The van der Waals surface area contributed by atoms with E-state index in [1.165, 1.54) is 21.1 Å². The molecule has 8 heteroatoms. The lowest BCUT2D eigenvalue weighted by atomic mass is 10.1. The van der Waals surface area contributed by atoms with Crippen molar-refractivity contribution in [3.05, 3.63) is 28.8 Å². The Balaban J connectivity index is 2.64. The van der Waals surface area contributed by atoms with Crippen molar-refractivity contribution >= 4 is 29.5 Å². The van der Waals surface area contributed by atoms with Crippen LogP contribution in [0.4, 0.5) is 4.79 Å². The molecule has 0 aliphatic heterocycles. The number of carbonyl (C=O) groups excluding carboxylic acids is 3. The van der Waals surface area contributed by atoms with Crippen molar-refractivity contribution in [1.82, 2.24) is 10.6 Å². The molecule has 22 heavy (non-hydrogen) atoms. The van der Waals surface area contributed by atoms with Gasteiger partial charge in [0.2, 0.25) is 0 Å².